The molecule has 0 atom stereocenters. The molecule has 1 heterocycles. The van der Waals surface area contributed by atoms with Crippen molar-refractivity contribution in [1.29, 1.82) is 0 Å². The zero-order valence-corrected chi connectivity index (χ0v) is 13.3. The van der Waals surface area contributed by atoms with Crippen LogP contribution in [0, 0.1) is 3.57 Å². The maximum atomic E-state index is 11.9. The van der Waals surface area contributed by atoms with E-state index in [1.165, 1.54) is 11.4 Å². The van der Waals surface area contributed by atoms with Crippen molar-refractivity contribution in [3.63, 3.8) is 0 Å². The van der Waals surface area contributed by atoms with Crippen LogP contribution in [0.15, 0.2) is 39.9 Å². The number of carbonyl (C=O) groups excluding carboxylic acids is 1. The summed E-state index contributed by atoms with van der Waals surface area (Å²) in [6, 6.07) is 8.56. The Morgan fingerprint density at radius 2 is 2.05 bits per heavy atom. The Labute approximate surface area is 128 Å². The van der Waals surface area contributed by atoms with Gasteiger partial charge in [0.25, 0.3) is 5.91 Å². The molecule has 0 bridgehead atoms. The van der Waals surface area contributed by atoms with Gasteiger partial charge in [-0.15, -0.1) is 11.3 Å². The number of sulfonamides is 1. The molecule has 3 N–H and O–H groups in total. The molecule has 0 unspecified atom stereocenters. The molecular formula is C11H9IN2O3S2. The molecule has 0 radical (unpaired) electrons. The fourth-order valence-corrected chi connectivity index (χ4v) is 3.48. The van der Waals surface area contributed by atoms with Crippen LogP contribution in [0.1, 0.15) is 10.4 Å². The minimum Gasteiger partial charge on any atom is -0.322 e. The van der Waals surface area contributed by atoms with Crippen LogP contribution in [0.25, 0.3) is 0 Å². The SMILES string of the molecule is NS(=O)(=O)c1cc(C(=O)Nc2cccc(I)c2)cs1. The molecule has 0 saturated heterocycles. The van der Waals surface area contributed by atoms with E-state index < -0.39 is 10.0 Å². The number of primary sulfonamides is 1. The molecule has 2 rings (SSSR count). The molecule has 2 aromatic rings. The quantitative estimate of drug-likeness (QED) is 0.764. The van der Waals surface area contributed by atoms with Crippen molar-refractivity contribution in [1.82, 2.24) is 0 Å². The molecule has 1 aromatic carbocycles. The number of carbonyl (C=O) groups is 1. The van der Waals surface area contributed by atoms with Crippen LogP contribution in [0.5, 0.6) is 0 Å². The van der Waals surface area contributed by atoms with Gasteiger partial charge in [0.1, 0.15) is 4.21 Å². The first-order valence-corrected chi connectivity index (χ1v) is 8.55. The number of amides is 1. The number of rotatable bonds is 3. The van der Waals surface area contributed by atoms with Crippen molar-refractivity contribution in [3.8, 4) is 0 Å². The fraction of sp³-hybridized carbons (Fsp3) is 0. The summed E-state index contributed by atoms with van der Waals surface area (Å²) in [5.41, 5.74) is 0.924. The van der Waals surface area contributed by atoms with Crippen molar-refractivity contribution in [2.45, 2.75) is 4.21 Å². The van der Waals surface area contributed by atoms with E-state index >= 15 is 0 Å². The molecular weight excluding hydrogens is 399 g/mol. The number of nitrogens with one attached hydrogen (secondary N) is 1. The minimum absolute atomic E-state index is 0.0275. The van der Waals surface area contributed by atoms with E-state index in [0.29, 0.717) is 5.69 Å². The minimum atomic E-state index is -3.76. The Hall–Kier alpha value is -0.970. The van der Waals surface area contributed by atoms with Gasteiger partial charge in [-0.25, -0.2) is 13.6 Å². The van der Waals surface area contributed by atoms with Gasteiger partial charge in [-0.2, -0.15) is 0 Å². The summed E-state index contributed by atoms with van der Waals surface area (Å²) in [6.07, 6.45) is 0. The van der Waals surface area contributed by atoms with E-state index in [9.17, 15) is 13.2 Å². The lowest BCUT2D eigenvalue weighted by Crippen LogP contribution is -2.12. The number of hydrogen-bond donors (Lipinski definition) is 2. The zero-order valence-electron chi connectivity index (χ0n) is 9.46. The van der Waals surface area contributed by atoms with Gasteiger partial charge in [0.2, 0.25) is 10.0 Å². The number of nitrogens with two attached hydrogens (primary N) is 1. The maximum absolute atomic E-state index is 11.9. The van der Waals surface area contributed by atoms with E-state index in [2.05, 4.69) is 27.9 Å². The molecule has 0 aliphatic heterocycles. The highest BCUT2D eigenvalue weighted by Crippen LogP contribution is 2.20. The second-order valence-electron chi connectivity index (χ2n) is 3.66. The summed E-state index contributed by atoms with van der Waals surface area (Å²) >= 11 is 3.06. The summed E-state index contributed by atoms with van der Waals surface area (Å²) < 4.78 is 23.2. The van der Waals surface area contributed by atoms with E-state index in [4.69, 9.17) is 5.14 Å². The monoisotopic (exact) mass is 408 g/mol. The number of thiophene rings is 1. The first-order chi connectivity index (χ1) is 8.86. The van der Waals surface area contributed by atoms with Gasteiger partial charge in [0.15, 0.2) is 0 Å². The van der Waals surface area contributed by atoms with E-state index in [-0.39, 0.29) is 15.7 Å². The smallest absolute Gasteiger partial charge is 0.256 e. The van der Waals surface area contributed by atoms with Crippen molar-refractivity contribution in [3.05, 3.63) is 44.8 Å². The Kier molecular flexibility index (Phi) is 4.23. The molecule has 5 nitrogen and oxygen atoms in total. The molecule has 1 aromatic heterocycles. The van der Waals surface area contributed by atoms with Crippen LogP contribution in [-0.2, 0) is 10.0 Å². The second-order valence-corrected chi connectivity index (χ2v) is 7.61. The Morgan fingerprint density at radius 3 is 2.63 bits per heavy atom. The molecule has 1 amide bonds. The van der Waals surface area contributed by atoms with Gasteiger partial charge < -0.3 is 5.32 Å². The molecule has 0 aliphatic carbocycles. The average molecular weight is 408 g/mol. The van der Waals surface area contributed by atoms with Crippen molar-refractivity contribution < 1.29 is 13.2 Å². The van der Waals surface area contributed by atoms with E-state index in [1.54, 1.807) is 6.07 Å². The zero-order chi connectivity index (χ0) is 14.0. The van der Waals surface area contributed by atoms with Gasteiger partial charge in [-0.05, 0) is 46.9 Å². The standard InChI is InChI=1S/C11H9IN2O3S2/c12-8-2-1-3-9(5-8)14-11(15)7-4-10(18-6-7)19(13,16)17/h1-6H,(H,14,15)(H2,13,16,17). The number of anilines is 1. The highest BCUT2D eigenvalue weighted by Gasteiger charge is 2.15. The summed E-state index contributed by atoms with van der Waals surface area (Å²) in [5.74, 6) is -0.367. The summed E-state index contributed by atoms with van der Waals surface area (Å²) in [5, 5.41) is 9.15. The lowest BCUT2D eigenvalue weighted by molar-refractivity contribution is 0.102. The summed E-state index contributed by atoms with van der Waals surface area (Å²) in [7, 11) is -3.76. The fourth-order valence-electron chi connectivity index (χ4n) is 1.35. The van der Waals surface area contributed by atoms with Gasteiger partial charge in [-0.3, -0.25) is 4.79 Å². The van der Waals surface area contributed by atoms with Crippen LogP contribution >= 0.6 is 33.9 Å². The van der Waals surface area contributed by atoms with Gasteiger partial charge in [0.05, 0.1) is 5.56 Å². The van der Waals surface area contributed by atoms with E-state index in [1.807, 2.05) is 18.2 Å². The average Bonchev–Trinajstić information content (AvgIpc) is 2.77. The van der Waals surface area contributed by atoms with Crippen LogP contribution in [0.2, 0.25) is 0 Å². The predicted molar refractivity (Wildman–Crippen MR) is 82.8 cm³/mol. The lowest BCUT2D eigenvalue weighted by Gasteiger charge is -2.03. The molecule has 0 aliphatic rings. The molecule has 8 heteroatoms. The molecule has 100 valence electrons. The largest absolute Gasteiger partial charge is 0.322 e. The van der Waals surface area contributed by atoms with Crippen LogP contribution in [0.3, 0.4) is 0 Å². The highest BCUT2D eigenvalue weighted by atomic mass is 127. The Bertz CT molecular complexity index is 725. The number of halogens is 1. The molecule has 0 fully saturated rings. The Morgan fingerprint density at radius 1 is 1.32 bits per heavy atom. The maximum Gasteiger partial charge on any atom is 0.256 e. The highest BCUT2D eigenvalue weighted by molar-refractivity contribution is 14.1. The van der Waals surface area contributed by atoms with Crippen LogP contribution in [-0.4, -0.2) is 14.3 Å². The third-order valence-corrected chi connectivity index (χ3v) is 5.26. The predicted octanol–water partition coefficient (Wildman–Crippen LogP) is 2.25. The Balaban J connectivity index is 2.19. The normalized spacial score (nSPS) is 11.3. The lowest BCUT2D eigenvalue weighted by atomic mass is 10.3. The van der Waals surface area contributed by atoms with E-state index in [0.717, 1.165) is 14.9 Å². The summed E-state index contributed by atoms with van der Waals surface area (Å²) in [6.45, 7) is 0. The topological polar surface area (TPSA) is 89.3 Å². The molecule has 19 heavy (non-hydrogen) atoms. The van der Waals surface area contributed by atoms with Gasteiger partial charge in [-0.1, -0.05) is 6.07 Å². The van der Waals surface area contributed by atoms with Crippen LogP contribution < -0.4 is 10.5 Å². The van der Waals surface area contributed by atoms with Gasteiger partial charge in [0, 0.05) is 14.6 Å². The van der Waals surface area contributed by atoms with Crippen molar-refractivity contribution in [2.75, 3.05) is 5.32 Å². The molecule has 0 spiro atoms. The number of benzene rings is 1. The third kappa shape index (κ3) is 3.75. The summed E-state index contributed by atoms with van der Waals surface area (Å²) in [4.78, 5) is 11.9. The van der Waals surface area contributed by atoms with Crippen molar-refractivity contribution in [2.24, 2.45) is 5.14 Å². The third-order valence-electron chi connectivity index (χ3n) is 2.20. The first-order valence-electron chi connectivity index (χ1n) is 5.04. The molecule has 0 saturated carbocycles. The second kappa shape index (κ2) is 5.57. The number of hydrogen-bond acceptors (Lipinski definition) is 4. The first kappa shape index (κ1) is 14.4. The van der Waals surface area contributed by atoms with Crippen LogP contribution in [0.4, 0.5) is 5.69 Å². The van der Waals surface area contributed by atoms with Crippen molar-refractivity contribution >= 4 is 55.5 Å². The van der Waals surface area contributed by atoms with Gasteiger partial charge >= 0.3 is 0 Å².